The fraction of sp³-hybridized carbons (Fsp3) is 0.846. The summed E-state index contributed by atoms with van der Waals surface area (Å²) in [5, 5.41) is 0. The van der Waals surface area contributed by atoms with Crippen molar-refractivity contribution in [2.75, 3.05) is 0 Å². The Morgan fingerprint density at radius 2 is 1.69 bits per heavy atom. The van der Waals surface area contributed by atoms with Gasteiger partial charge >= 0.3 is 0 Å². The molecule has 13 heavy (non-hydrogen) atoms. The highest BCUT2D eigenvalue weighted by atomic mass is 14.5. The fourth-order valence-corrected chi connectivity index (χ4v) is 4.13. The van der Waals surface area contributed by atoms with Crippen LogP contribution in [0.3, 0.4) is 0 Å². The van der Waals surface area contributed by atoms with Crippen LogP contribution in [0.1, 0.15) is 57.8 Å². The van der Waals surface area contributed by atoms with Gasteiger partial charge in [-0.3, -0.25) is 0 Å². The molecule has 0 heteroatoms. The summed E-state index contributed by atoms with van der Waals surface area (Å²) in [7, 11) is 0. The maximum atomic E-state index is 2.56. The van der Waals surface area contributed by atoms with Crippen molar-refractivity contribution >= 4 is 0 Å². The van der Waals surface area contributed by atoms with Crippen molar-refractivity contribution in [2.24, 2.45) is 10.8 Å². The van der Waals surface area contributed by atoms with E-state index in [-0.39, 0.29) is 0 Å². The van der Waals surface area contributed by atoms with E-state index in [9.17, 15) is 0 Å². The van der Waals surface area contributed by atoms with Crippen LogP contribution in [0.15, 0.2) is 12.2 Å². The van der Waals surface area contributed by atoms with Gasteiger partial charge in [-0.05, 0) is 55.8 Å². The molecule has 2 fully saturated rings. The zero-order valence-electron chi connectivity index (χ0n) is 8.52. The Morgan fingerprint density at radius 1 is 0.846 bits per heavy atom. The maximum absolute atomic E-state index is 2.56. The molecule has 0 heterocycles. The van der Waals surface area contributed by atoms with E-state index >= 15 is 0 Å². The van der Waals surface area contributed by atoms with Gasteiger partial charge in [-0.2, -0.15) is 0 Å². The summed E-state index contributed by atoms with van der Waals surface area (Å²) in [5.41, 5.74) is 1.50. The minimum atomic E-state index is 0.685. The summed E-state index contributed by atoms with van der Waals surface area (Å²) < 4.78 is 0. The number of hydrogen-bond donors (Lipinski definition) is 0. The van der Waals surface area contributed by atoms with Crippen LogP contribution in [-0.4, -0.2) is 0 Å². The molecule has 0 amide bonds. The average molecular weight is 176 g/mol. The molecule has 0 saturated heterocycles. The van der Waals surface area contributed by atoms with E-state index in [4.69, 9.17) is 0 Å². The monoisotopic (exact) mass is 176 g/mol. The highest BCUT2D eigenvalue weighted by molar-refractivity contribution is 5.13. The third-order valence-electron chi connectivity index (χ3n) is 4.82. The van der Waals surface area contributed by atoms with E-state index in [1.165, 1.54) is 44.9 Å². The summed E-state index contributed by atoms with van der Waals surface area (Å²) in [4.78, 5) is 0. The SMILES string of the molecule is C1=CC2(CC1)CCC1(CCCC1)C2. The Hall–Kier alpha value is -0.260. The van der Waals surface area contributed by atoms with Gasteiger partial charge in [0.1, 0.15) is 0 Å². The van der Waals surface area contributed by atoms with E-state index in [2.05, 4.69) is 12.2 Å². The summed E-state index contributed by atoms with van der Waals surface area (Å²) >= 11 is 0. The highest BCUT2D eigenvalue weighted by Gasteiger charge is 2.48. The summed E-state index contributed by atoms with van der Waals surface area (Å²) in [6, 6.07) is 0. The van der Waals surface area contributed by atoms with Crippen LogP contribution >= 0.6 is 0 Å². The molecular formula is C13H20. The first-order valence-corrected chi connectivity index (χ1v) is 6.01. The molecule has 3 aliphatic carbocycles. The molecule has 2 spiro atoms. The summed E-state index contributed by atoms with van der Waals surface area (Å²) in [6.07, 6.45) is 18.5. The lowest BCUT2D eigenvalue weighted by molar-refractivity contribution is 0.265. The first-order valence-electron chi connectivity index (χ1n) is 6.01. The quantitative estimate of drug-likeness (QED) is 0.488. The molecule has 0 nitrogen and oxygen atoms in total. The smallest absolute Gasteiger partial charge is 0.0110 e. The van der Waals surface area contributed by atoms with Gasteiger partial charge in [0.05, 0.1) is 0 Å². The molecular weight excluding hydrogens is 156 g/mol. The van der Waals surface area contributed by atoms with Crippen LogP contribution in [0.25, 0.3) is 0 Å². The normalized spacial score (nSPS) is 41.2. The Morgan fingerprint density at radius 3 is 2.38 bits per heavy atom. The number of rotatable bonds is 0. The molecule has 72 valence electrons. The standard InChI is InChI=1S/C13H20/c1-2-6-12(5-1)9-10-13(11-12)7-3-4-8-13/h1,5H,2-4,6-11H2. The van der Waals surface area contributed by atoms with E-state index in [0.717, 1.165) is 5.41 Å². The minimum Gasteiger partial charge on any atom is -0.0879 e. The third kappa shape index (κ3) is 1.18. The number of hydrogen-bond acceptors (Lipinski definition) is 0. The van der Waals surface area contributed by atoms with Gasteiger partial charge in [-0.25, -0.2) is 0 Å². The van der Waals surface area contributed by atoms with Gasteiger partial charge in [0.2, 0.25) is 0 Å². The van der Waals surface area contributed by atoms with Crippen LogP contribution in [-0.2, 0) is 0 Å². The second-order valence-corrected chi connectivity index (χ2v) is 5.69. The summed E-state index contributed by atoms with van der Waals surface area (Å²) in [5.74, 6) is 0. The van der Waals surface area contributed by atoms with E-state index in [1.807, 2.05) is 0 Å². The van der Waals surface area contributed by atoms with Gasteiger partial charge in [0.25, 0.3) is 0 Å². The van der Waals surface area contributed by atoms with Crippen LogP contribution in [0.2, 0.25) is 0 Å². The first kappa shape index (κ1) is 8.08. The zero-order valence-corrected chi connectivity index (χ0v) is 8.52. The molecule has 3 rings (SSSR count). The Balaban J connectivity index is 1.80. The second-order valence-electron chi connectivity index (χ2n) is 5.69. The molecule has 1 unspecified atom stereocenters. The first-order chi connectivity index (χ1) is 6.33. The van der Waals surface area contributed by atoms with Crippen molar-refractivity contribution in [3.8, 4) is 0 Å². The van der Waals surface area contributed by atoms with Crippen molar-refractivity contribution in [1.29, 1.82) is 0 Å². The van der Waals surface area contributed by atoms with E-state index < -0.39 is 0 Å². The lowest BCUT2D eigenvalue weighted by Crippen LogP contribution is -2.16. The maximum Gasteiger partial charge on any atom is -0.0110 e. The molecule has 0 radical (unpaired) electrons. The molecule has 0 bridgehead atoms. The topological polar surface area (TPSA) is 0 Å². The Kier molecular flexibility index (Phi) is 1.63. The fourth-order valence-electron chi connectivity index (χ4n) is 4.13. The van der Waals surface area contributed by atoms with Crippen LogP contribution in [0, 0.1) is 10.8 Å². The van der Waals surface area contributed by atoms with Crippen molar-refractivity contribution in [2.45, 2.75) is 57.8 Å². The molecule has 1 atom stereocenters. The van der Waals surface area contributed by atoms with Crippen molar-refractivity contribution in [1.82, 2.24) is 0 Å². The molecule has 0 aromatic rings. The van der Waals surface area contributed by atoms with Crippen LogP contribution in [0.4, 0.5) is 0 Å². The van der Waals surface area contributed by atoms with E-state index in [0.29, 0.717) is 5.41 Å². The Bertz CT molecular complexity index is 232. The van der Waals surface area contributed by atoms with Crippen molar-refractivity contribution in [3.63, 3.8) is 0 Å². The molecule has 2 saturated carbocycles. The Labute approximate surface area is 81.4 Å². The van der Waals surface area contributed by atoms with Crippen molar-refractivity contribution < 1.29 is 0 Å². The van der Waals surface area contributed by atoms with Gasteiger partial charge in [0.15, 0.2) is 0 Å². The molecule has 0 aromatic carbocycles. The van der Waals surface area contributed by atoms with Gasteiger partial charge in [-0.1, -0.05) is 25.0 Å². The van der Waals surface area contributed by atoms with Crippen molar-refractivity contribution in [3.05, 3.63) is 12.2 Å². The van der Waals surface area contributed by atoms with Crippen LogP contribution in [0.5, 0.6) is 0 Å². The second kappa shape index (κ2) is 2.62. The third-order valence-corrected chi connectivity index (χ3v) is 4.82. The summed E-state index contributed by atoms with van der Waals surface area (Å²) in [6.45, 7) is 0. The molecule has 0 aromatic heterocycles. The predicted octanol–water partition coefficient (Wildman–Crippen LogP) is 4.07. The lowest BCUT2D eigenvalue weighted by Gasteiger charge is -2.26. The van der Waals surface area contributed by atoms with E-state index in [1.54, 1.807) is 12.8 Å². The minimum absolute atomic E-state index is 0.685. The molecule has 0 N–H and O–H groups in total. The van der Waals surface area contributed by atoms with Gasteiger partial charge < -0.3 is 0 Å². The lowest BCUT2D eigenvalue weighted by atomic mass is 9.78. The number of allylic oxidation sites excluding steroid dienone is 2. The molecule has 0 aliphatic heterocycles. The van der Waals surface area contributed by atoms with Gasteiger partial charge in [0, 0.05) is 0 Å². The average Bonchev–Trinajstić information content (AvgIpc) is 2.81. The van der Waals surface area contributed by atoms with Gasteiger partial charge in [-0.15, -0.1) is 0 Å². The molecule has 3 aliphatic rings. The highest BCUT2D eigenvalue weighted by Crippen LogP contribution is 2.60. The zero-order chi connectivity index (χ0) is 8.78. The van der Waals surface area contributed by atoms with Crippen LogP contribution < -0.4 is 0 Å². The predicted molar refractivity (Wildman–Crippen MR) is 55.6 cm³/mol. The largest absolute Gasteiger partial charge is 0.0879 e.